The van der Waals surface area contributed by atoms with Crippen molar-refractivity contribution in [2.75, 3.05) is 29.0 Å². The van der Waals surface area contributed by atoms with Crippen molar-refractivity contribution in [3.05, 3.63) is 41.4 Å². The van der Waals surface area contributed by atoms with Crippen LogP contribution in [0.3, 0.4) is 0 Å². The zero-order chi connectivity index (χ0) is 25.4. The molecule has 4 heterocycles. The molecule has 2 saturated carbocycles. The van der Waals surface area contributed by atoms with Crippen LogP contribution in [0.15, 0.2) is 30.6 Å². The normalized spacial score (nSPS) is 21.8. The van der Waals surface area contributed by atoms with Crippen molar-refractivity contribution in [2.45, 2.75) is 56.7 Å². The van der Waals surface area contributed by atoms with E-state index in [2.05, 4.69) is 36.6 Å². The summed E-state index contributed by atoms with van der Waals surface area (Å²) in [6.45, 7) is 1.55. The van der Waals surface area contributed by atoms with Crippen molar-refractivity contribution in [1.29, 1.82) is 0 Å². The minimum atomic E-state index is -0.338. The van der Waals surface area contributed by atoms with Crippen LogP contribution < -0.4 is 26.6 Å². The highest BCUT2D eigenvalue weighted by atomic mass is 35.5. The van der Waals surface area contributed by atoms with E-state index in [9.17, 15) is 9.59 Å². The minimum absolute atomic E-state index is 0.112. The summed E-state index contributed by atoms with van der Waals surface area (Å²) in [6.07, 6.45) is 9.00. The van der Waals surface area contributed by atoms with Crippen molar-refractivity contribution < 1.29 is 9.59 Å². The number of hydrogen-bond acceptors (Lipinski definition) is 8. The standard InChI is InChI=1S/C25H30ClN9O2/c26-21-9-18(7-8-28-21)33-25(37)20-13-29-23-19(30-15-1-2-15)10-22(34-35(20)23)31-16-3-5-17(6-4-16)32-24(36)14-11-27-12-14/h7-10,13-17,27,30H,1-6,11-12H2,(H,31,34)(H,32,36)(H,28,33,37). The molecule has 2 aliphatic carbocycles. The third kappa shape index (κ3) is 5.47. The first-order valence-electron chi connectivity index (χ1n) is 12.9. The Morgan fingerprint density at radius 2 is 1.70 bits per heavy atom. The van der Waals surface area contributed by atoms with Gasteiger partial charge in [-0.25, -0.2) is 14.5 Å². The second-order valence-electron chi connectivity index (χ2n) is 10.1. The molecule has 3 aromatic rings. The lowest BCUT2D eigenvalue weighted by Crippen LogP contribution is -2.53. The lowest BCUT2D eigenvalue weighted by Gasteiger charge is -2.33. The van der Waals surface area contributed by atoms with E-state index in [1.807, 2.05) is 6.07 Å². The number of carbonyl (C=O) groups excluding carboxylic acids is 2. The number of halogens is 1. The quantitative estimate of drug-likeness (QED) is 0.284. The van der Waals surface area contributed by atoms with Gasteiger partial charge in [0.15, 0.2) is 11.3 Å². The summed E-state index contributed by atoms with van der Waals surface area (Å²) in [4.78, 5) is 33.8. The molecule has 12 heteroatoms. The maximum absolute atomic E-state index is 13.1. The molecule has 3 fully saturated rings. The summed E-state index contributed by atoms with van der Waals surface area (Å²) in [5.74, 6) is 0.622. The van der Waals surface area contributed by atoms with Crippen molar-refractivity contribution >= 4 is 46.3 Å². The van der Waals surface area contributed by atoms with Gasteiger partial charge in [-0.2, -0.15) is 0 Å². The molecule has 194 valence electrons. The van der Waals surface area contributed by atoms with Gasteiger partial charge in [-0.3, -0.25) is 9.59 Å². The highest BCUT2D eigenvalue weighted by molar-refractivity contribution is 6.29. The van der Waals surface area contributed by atoms with Gasteiger partial charge in [0.2, 0.25) is 5.91 Å². The number of imidazole rings is 1. The van der Waals surface area contributed by atoms with Crippen LogP contribution in [0.2, 0.25) is 5.15 Å². The van der Waals surface area contributed by atoms with Gasteiger partial charge in [0.25, 0.3) is 5.91 Å². The maximum Gasteiger partial charge on any atom is 0.276 e. The van der Waals surface area contributed by atoms with Gasteiger partial charge in [-0.15, -0.1) is 5.10 Å². The van der Waals surface area contributed by atoms with E-state index in [0.717, 1.165) is 57.3 Å². The van der Waals surface area contributed by atoms with Crippen LogP contribution in [0.1, 0.15) is 49.0 Å². The second-order valence-corrected chi connectivity index (χ2v) is 10.5. The molecule has 6 rings (SSSR count). The molecule has 0 atom stereocenters. The predicted octanol–water partition coefficient (Wildman–Crippen LogP) is 2.66. The molecule has 1 saturated heterocycles. The summed E-state index contributed by atoms with van der Waals surface area (Å²) >= 11 is 5.96. The molecule has 0 aromatic carbocycles. The van der Waals surface area contributed by atoms with Crippen molar-refractivity contribution in [1.82, 2.24) is 30.2 Å². The maximum atomic E-state index is 13.1. The van der Waals surface area contributed by atoms with Gasteiger partial charge in [-0.1, -0.05) is 11.6 Å². The molecule has 0 unspecified atom stereocenters. The number of pyridine rings is 1. The summed E-state index contributed by atoms with van der Waals surface area (Å²) in [5.41, 5.74) is 2.32. The monoisotopic (exact) mass is 523 g/mol. The molecular weight excluding hydrogens is 494 g/mol. The number of carbonyl (C=O) groups is 2. The third-order valence-electron chi connectivity index (χ3n) is 7.20. The summed E-state index contributed by atoms with van der Waals surface area (Å²) < 4.78 is 1.59. The van der Waals surface area contributed by atoms with E-state index < -0.39 is 0 Å². The van der Waals surface area contributed by atoms with Crippen LogP contribution in [-0.2, 0) is 4.79 Å². The molecule has 3 aromatic heterocycles. The van der Waals surface area contributed by atoms with Crippen LogP contribution in [0, 0.1) is 5.92 Å². The van der Waals surface area contributed by atoms with Crippen LogP contribution in [0.5, 0.6) is 0 Å². The largest absolute Gasteiger partial charge is 0.379 e. The fourth-order valence-corrected chi connectivity index (χ4v) is 4.98. The lowest BCUT2D eigenvalue weighted by atomic mass is 9.90. The average molecular weight is 524 g/mol. The molecule has 0 bridgehead atoms. The first-order valence-corrected chi connectivity index (χ1v) is 13.3. The Labute approximate surface area is 219 Å². The number of nitrogens with one attached hydrogen (secondary N) is 5. The Kier molecular flexibility index (Phi) is 6.56. The Morgan fingerprint density at radius 1 is 0.973 bits per heavy atom. The van der Waals surface area contributed by atoms with E-state index in [4.69, 9.17) is 16.7 Å². The lowest BCUT2D eigenvalue weighted by molar-refractivity contribution is -0.127. The second kappa shape index (κ2) is 10.1. The van der Waals surface area contributed by atoms with Crippen molar-refractivity contribution in [3.63, 3.8) is 0 Å². The zero-order valence-electron chi connectivity index (χ0n) is 20.3. The number of nitrogens with zero attached hydrogens (tertiary/aromatic N) is 4. The molecule has 0 radical (unpaired) electrons. The van der Waals surface area contributed by atoms with Gasteiger partial charge in [-0.05, 0) is 50.7 Å². The summed E-state index contributed by atoms with van der Waals surface area (Å²) in [6, 6.07) is 6.11. The molecular formula is C25H30ClN9O2. The van der Waals surface area contributed by atoms with Crippen LogP contribution in [-0.4, -0.2) is 62.6 Å². The number of fused-ring (bicyclic) bond motifs is 1. The molecule has 0 spiro atoms. The number of amides is 2. The Morgan fingerprint density at radius 3 is 2.41 bits per heavy atom. The van der Waals surface area contributed by atoms with Crippen LogP contribution in [0.25, 0.3) is 5.65 Å². The van der Waals surface area contributed by atoms with Crippen molar-refractivity contribution in [3.8, 4) is 0 Å². The summed E-state index contributed by atoms with van der Waals surface area (Å²) in [7, 11) is 0. The minimum Gasteiger partial charge on any atom is -0.379 e. The topological polar surface area (TPSA) is 137 Å². The first kappa shape index (κ1) is 23.9. The molecule has 2 amide bonds. The first-order chi connectivity index (χ1) is 18.0. The zero-order valence-corrected chi connectivity index (χ0v) is 21.1. The fraction of sp³-hybridized carbons (Fsp3) is 0.480. The van der Waals surface area contributed by atoms with E-state index in [1.165, 1.54) is 12.4 Å². The molecule has 3 aliphatic rings. The van der Waals surface area contributed by atoms with Gasteiger partial charge in [0, 0.05) is 49.2 Å². The molecule has 11 nitrogen and oxygen atoms in total. The van der Waals surface area contributed by atoms with Crippen LogP contribution in [0.4, 0.5) is 17.2 Å². The number of anilines is 3. The Balaban J connectivity index is 1.17. The Hall–Kier alpha value is -3.44. The van der Waals surface area contributed by atoms with Gasteiger partial charge >= 0.3 is 0 Å². The Bertz CT molecular complexity index is 1310. The molecule has 37 heavy (non-hydrogen) atoms. The van der Waals surface area contributed by atoms with Crippen molar-refractivity contribution in [2.24, 2.45) is 5.92 Å². The van der Waals surface area contributed by atoms with E-state index in [1.54, 1.807) is 16.6 Å². The summed E-state index contributed by atoms with van der Waals surface area (Å²) in [5, 5.41) is 21.3. The smallest absolute Gasteiger partial charge is 0.276 e. The molecule has 5 N–H and O–H groups in total. The predicted molar refractivity (Wildman–Crippen MR) is 141 cm³/mol. The number of aromatic nitrogens is 4. The third-order valence-corrected chi connectivity index (χ3v) is 7.41. The molecule has 1 aliphatic heterocycles. The highest BCUT2D eigenvalue weighted by Gasteiger charge is 2.29. The van der Waals surface area contributed by atoms with Gasteiger partial charge < -0.3 is 26.6 Å². The number of rotatable bonds is 8. The van der Waals surface area contributed by atoms with E-state index in [0.29, 0.717) is 34.0 Å². The number of hydrogen-bond donors (Lipinski definition) is 5. The van der Waals surface area contributed by atoms with Crippen LogP contribution >= 0.6 is 11.6 Å². The van der Waals surface area contributed by atoms with E-state index >= 15 is 0 Å². The van der Waals surface area contributed by atoms with Gasteiger partial charge in [0.05, 0.1) is 17.8 Å². The highest BCUT2D eigenvalue weighted by Crippen LogP contribution is 2.30. The van der Waals surface area contributed by atoms with E-state index in [-0.39, 0.29) is 29.8 Å². The van der Waals surface area contributed by atoms with Gasteiger partial charge in [0.1, 0.15) is 11.0 Å². The fourth-order valence-electron chi connectivity index (χ4n) is 4.81. The SMILES string of the molecule is O=C(Nc1ccnc(Cl)c1)c1cnc2c(NC3CC3)cc(NC3CCC(NC(=O)C4CNC4)CC3)nn12. The average Bonchev–Trinajstić information content (AvgIpc) is 3.54.